The van der Waals surface area contributed by atoms with Crippen LogP contribution in [0.4, 0.5) is 16.2 Å². The van der Waals surface area contributed by atoms with Gasteiger partial charge in [0.25, 0.3) is 0 Å². The van der Waals surface area contributed by atoms with Gasteiger partial charge in [-0.2, -0.15) is 4.98 Å². The van der Waals surface area contributed by atoms with E-state index in [-0.39, 0.29) is 17.8 Å². The van der Waals surface area contributed by atoms with Crippen molar-refractivity contribution in [3.63, 3.8) is 0 Å². The SMILES string of the molecule is Fc1cnc(NC(c2ccc(Cl)cc2)c2ccc(Cl)cc2)nc1NC(c1ccc(Cl)cc1)c1ccc(Cl)cc1. The summed E-state index contributed by atoms with van der Waals surface area (Å²) in [6.45, 7) is 0. The van der Waals surface area contributed by atoms with Crippen molar-refractivity contribution in [3.05, 3.63) is 151 Å². The van der Waals surface area contributed by atoms with Gasteiger partial charge in [0.15, 0.2) is 11.6 Å². The molecular weight excluding hydrogens is 577 g/mol. The minimum Gasteiger partial charge on any atom is -0.357 e. The third-order valence-corrected chi connectivity index (χ3v) is 7.12. The van der Waals surface area contributed by atoms with Crippen molar-refractivity contribution in [2.75, 3.05) is 10.6 Å². The third-order valence-electron chi connectivity index (χ3n) is 6.11. The van der Waals surface area contributed by atoms with E-state index in [9.17, 15) is 0 Å². The van der Waals surface area contributed by atoms with Crippen molar-refractivity contribution >= 4 is 58.2 Å². The molecule has 9 heteroatoms. The summed E-state index contributed by atoms with van der Waals surface area (Å²) in [6.07, 6.45) is 1.14. The van der Waals surface area contributed by atoms with Crippen LogP contribution in [-0.4, -0.2) is 9.97 Å². The van der Waals surface area contributed by atoms with Gasteiger partial charge in [0.1, 0.15) is 0 Å². The average Bonchev–Trinajstić information content (AvgIpc) is 2.94. The Bertz CT molecular complexity index is 1450. The van der Waals surface area contributed by atoms with Gasteiger partial charge < -0.3 is 10.6 Å². The first kappa shape index (κ1) is 27.2. The molecule has 0 fully saturated rings. The highest BCUT2D eigenvalue weighted by atomic mass is 35.5. The van der Waals surface area contributed by atoms with Crippen LogP contribution in [0.1, 0.15) is 34.3 Å². The number of rotatable bonds is 8. The van der Waals surface area contributed by atoms with Crippen molar-refractivity contribution in [1.29, 1.82) is 0 Å². The molecule has 0 aliphatic rings. The Morgan fingerprint density at radius 2 is 0.846 bits per heavy atom. The summed E-state index contributed by atoms with van der Waals surface area (Å²) in [5, 5.41) is 9.02. The highest BCUT2D eigenvalue weighted by Crippen LogP contribution is 2.31. The molecule has 0 aliphatic heterocycles. The maximum Gasteiger partial charge on any atom is 0.225 e. The molecule has 0 saturated carbocycles. The van der Waals surface area contributed by atoms with E-state index in [0.717, 1.165) is 28.5 Å². The lowest BCUT2D eigenvalue weighted by Gasteiger charge is -2.23. The molecule has 4 aromatic carbocycles. The van der Waals surface area contributed by atoms with Crippen molar-refractivity contribution in [3.8, 4) is 0 Å². The molecule has 0 radical (unpaired) electrons. The van der Waals surface area contributed by atoms with Gasteiger partial charge in [-0.3, -0.25) is 0 Å². The van der Waals surface area contributed by atoms with E-state index in [2.05, 4.69) is 20.6 Å². The molecule has 0 bridgehead atoms. The Balaban J connectivity index is 1.49. The second kappa shape index (κ2) is 12.2. The van der Waals surface area contributed by atoms with Gasteiger partial charge in [0.2, 0.25) is 5.95 Å². The lowest BCUT2D eigenvalue weighted by molar-refractivity contribution is 0.615. The molecule has 0 spiro atoms. The fourth-order valence-electron chi connectivity index (χ4n) is 4.14. The Kier molecular flexibility index (Phi) is 8.53. The largest absolute Gasteiger partial charge is 0.357 e. The molecule has 0 unspecified atom stereocenters. The van der Waals surface area contributed by atoms with E-state index in [4.69, 9.17) is 46.4 Å². The molecule has 2 N–H and O–H groups in total. The third kappa shape index (κ3) is 6.81. The fraction of sp³-hybridized carbons (Fsp3) is 0.0667. The van der Waals surface area contributed by atoms with Crippen molar-refractivity contribution in [1.82, 2.24) is 9.97 Å². The van der Waals surface area contributed by atoms with Crippen LogP contribution in [0, 0.1) is 5.82 Å². The first-order valence-electron chi connectivity index (χ1n) is 11.9. The van der Waals surface area contributed by atoms with Gasteiger partial charge in [-0.15, -0.1) is 0 Å². The molecule has 0 amide bonds. The van der Waals surface area contributed by atoms with Gasteiger partial charge >= 0.3 is 0 Å². The van der Waals surface area contributed by atoms with E-state index in [1.807, 2.05) is 72.8 Å². The summed E-state index contributed by atoms with van der Waals surface area (Å²) in [5.74, 6) is -0.323. The van der Waals surface area contributed by atoms with Crippen LogP contribution in [0.25, 0.3) is 0 Å². The van der Waals surface area contributed by atoms with Crippen LogP contribution in [0.15, 0.2) is 103 Å². The van der Waals surface area contributed by atoms with E-state index >= 15 is 4.39 Å². The van der Waals surface area contributed by atoms with Crippen molar-refractivity contribution in [2.45, 2.75) is 12.1 Å². The second-order valence-electron chi connectivity index (χ2n) is 8.75. The van der Waals surface area contributed by atoms with Gasteiger partial charge in [0, 0.05) is 20.1 Å². The quantitative estimate of drug-likeness (QED) is 0.187. The summed E-state index contributed by atoms with van der Waals surface area (Å²) < 4.78 is 15.1. The van der Waals surface area contributed by atoms with Crippen LogP contribution in [0.2, 0.25) is 20.1 Å². The maximum absolute atomic E-state index is 15.1. The number of anilines is 2. The first-order valence-corrected chi connectivity index (χ1v) is 13.4. The van der Waals surface area contributed by atoms with Gasteiger partial charge in [-0.25, -0.2) is 9.37 Å². The van der Waals surface area contributed by atoms with Crippen LogP contribution in [0.3, 0.4) is 0 Å². The number of hydrogen-bond acceptors (Lipinski definition) is 4. The Morgan fingerprint density at radius 1 is 0.513 bits per heavy atom. The smallest absolute Gasteiger partial charge is 0.225 e. The second-order valence-corrected chi connectivity index (χ2v) is 10.5. The zero-order valence-electron chi connectivity index (χ0n) is 20.3. The Labute approximate surface area is 245 Å². The molecule has 5 aromatic rings. The number of aromatic nitrogens is 2. The number of nitrogens with one attached hydrogen (secondary N) is 2. The summed E-state index contributed by atoms with van der Waals surface area (Å²) >= 11 is 24.5. The van der Waals surface area contributed by atoms with Gasteiger partial charge in [0.05, 0.1) is 18.3 Å². The Morgan fingerprint density at radius 3 is 1.21 bits per heavy atom. The van der Waals surface area contributed by atoms with E-state index in [1.54, 1.807) is 24.3 Å². The van der Waals surface area contributed by atoms with Gasteiger partial charge in [-0.05, 0) is 70.8 Å². The summed E-state index contributed by atoms with van der Waals surface area (Å²) in [4.78, 5) is 8.73. The van der Waals surface area contributed by atoms with Crippen molar-refractivity contribution in [2.24, 2.45) is 0 Å². The normalized spacial score (nSPS) is 11.2. The topological polar surface area (TPSA) is 49.8 Å². The summed E-state index contributed by atoms with van der Waals surface area (Å²) in [5.41, 5.74) is 3.58. The molecule has 0 aliphatic carbocycles. The number of benzene rings is 4. The predicted octanol–water partition coefficient (Wildman–Crippen LogP) is 9.63. The highest BCUT2D eigenvalue weighted by Gasteiger charge is 2.20. The Hall–Kier alpha value is -3.35. The molecule has 196 valence electrons. The van der Waals surface area contributed by atoms with E-state index in [0.29, 0.717) is 20.1 Å². The molecular formula is C30H21Cl4FN4. The monoisotopic (exact) mass is 596 g/mol. The molecule has 39 heavy (non-hydrogen) atoms. The predicted molar refractivity (Wildman–Crippen MR) is 159 cm³/mol. The minimum absolute atomic E-state index is 0.0355. The van der Waals surface area contributed by atoms with Crippen LogP contribution >= 0.6 is 46.4 Å². The fourth-order valence-corrected chi connectivity index (χ4v) is 4.65. The van der Waals surface area contributed by atoms with E-state index in [1.165, 1.54) is 0 Å². The lowest BCUT2D eigenvalue weighted by atomic mass is 9.98. The number of hydrogen-bond donors (Lipinski definition) is 2. The summed E-state index contributed by atoms with van der Waals surface area (Å²) in [7, 11) is 0. The first-order chi connectivity index (χ1) is 18.9. The van der Waals surface area contributed by atoms with Crippen LogP contribution in [0.5, 0.6) is 0 Å². The number of halogens is 5. The maximum atomic E-state index is 15.1. The van der Waals surface area contributed by atoms with Crippen molar-refractivity contribution < 1.29 is 4.39 Å². The average molecular weight is 598 g/mol. The molecule has 1 heterocycles. The van der Waals surface area contributed by atoms with E-state index < -0.39 is 11.9 Å². The zero-order valence-corrected chi connectivity index (χ0v) is 23.3. The van der Waals surface area contributed by atoms with Crippen LogP contribution in [-0.2, 0) is 0 Å². The van der Waals surface area contributed by atoms with Crippen LogP contribution < -0.4 is 10.6 Å². The summed E-state index contributed by atoms with van der Waals surface area (Å²) in [6, 6.07) is 28.8. The zero-order chi connectivity index (χ0) is 27.4. The minimum atomic E-state index is -0.594. The lowest BCUT2D eigenvalue weighted by Crippen LogP contribution is -2.18. The van der Waals surface area contributed by atoms with Gasteiger partial charge in [-0.1, -0.05) is 94.9 Å². The molecule has 0 atom stereocenters. The molecule has 4 nitrogen and oxygen atoms in total. The highest BCUT2D eigenvalue weighted by molar-refractivity contribution is 6.31. The number of nitrogens with zero attached hydrogens (tertiary/aromatic N) is 2. The molecule has 1 aromatic heterocycles. The molecule has 5 rings (SSSR count). The standard InChI is InChI=1S/C30H21Cl4FN4/c31-22-9-1-18(2-10-22)27(19-3-11-23(32)12-4-19)37-29-26(35)17-36-30(39-29)38-28(20-5-13-24(33)14-6-20)21-7-15-25(34)16-8-21/h1-17,27-28H,(H2,36,37,38,39). The molecule has 0 saturated heterocycles.